The van der Waals surface area contributed by atoms with Crippen LogP contribution in [0, 0.1) is 12.0 Å². The van der Waals surface area contributed by atoms with Crippen molar-refractivity contribution in [3.8, 4) is 17.8 Å². The molecule has 0 spiro atoms. The third-order valence-electron chi connectivity index (χ3n) is 1.65. The summed E-state index contributed by atoms with van der Waals surface area (Å²) in [5.41, 5.74) is 0.995. The maximum Gasteiger partial charge on any atom is 0.140 e. The number of carbonyl (C=O) groups excluding carboxylic acids is 1. The molecule has 0 saturated heterocycles. The van der Waals surface area contributed by atoms with Crippen molar-refractivity contribution in [2.45, 2.75) is 20.3 Å². The molecule has 1 rings (SSSR count). The molecule has 0 aliphatic rings. The Hall–Kier alpha value is -1.75. The highest BCUT2D eigenvalue weighted by Crippen LogP contribution is 2.12. The van der Waals surface area contributed by atoms with Gasteiger partial charge in [0.1, 0.15) is 17.6 Å². The Labute approximate surface area is 83.9 Å². The van der Waals surface area contributed by atoms with Crippen LogP contribution in [-0.4, -0.2) is 5.78 Å². The lowest BCUT2D eigenvalue weighted by molar-refractivity contribution is -0.116. The number of carbonyl (C=O) groups is 1. The van der Waals surface area contributed by atoms with Crippen LogP contribution in [0.1, 0.15) is 19.4 Å². The van der Waals surface area contributed by atoms with Crippen molar-refractivity contribution in [3.05, 3.63) is 29.8 Å². The Bertz CT molecular complexity index is 366. The summed E-state index contributed by atoms with van der Waals surface area (Å²) in [5, 5.41) is 0. The number of ether oxygens (including phenoxy) is 1. The Balaban J connectivity index is 2.66. The first-order valence-electron chi connectivity index (χ1n) is 4.39. The molecule has 0 aromatic heterocycles. The Kier molecular flexibility index (Phi) is 3.75. The summed E-state index contributed by atoms with van der Waals surface area (Å²) in [6, 6.07) is 7.35. The highest BCUT2D eigenvalue weighted by Gasteiger charge is 1.97. The van der Waals surface area contributed by atoms with Gasteiger partial charge >= 0.3 is 0 Å². The maximum absolute atomic E-state index is 10.8. The van der Waals surface area contributed by atoms with Crippen LogP contribution >= 0.6 is 0 Å². The third-order valence-corrected chi connectivity index (χ3v) is 1.65. The number of ketones is 1. The van der Waals surface area contributed by atoms with E-state index in [1.54, 1.807) is 13.8 Å². The van der Waals surface area contributed by atoms with E-state index in [1.807, 2.05) is 24.3 Å². The quantitative estimate of drug-likeness (QED) is 0.679. The highest BCUT2D eigenvalue weighted by atomic mass is 16.5. The molecule has 0 N–H and O–H groups in total. The van der Waals surface area contributed by atoms with Gasteiger partial charge in [-0.1, -0.05) is 18.1 Å². The summed E-state index contributed by atoms with van der Waals surface area (Å²) in [7, 11) is 0. The molecule has 0 saturated carbocycles. The van der Waals surface area contributed by atoms with Gasteiger partial charge in [-0.15, -0.1) is 0 Å². The van der Waals surface area contributed by atoms with Gasteiger partial charge in [0.2, 0.25) is 0 Å². The first-order chi connectivity index (χ1) is 6.72. The van der Waals surface area contributed by atoms with Gasteiger partial charge in [-0.05, 0) is 24.6 Å². The van der Waals surface area contributed by atoms with Gasteiger partial charge < -0.3 is 4.74 Å². The minimum absolute atomic E-state index is 0.159. The molecule has 1 aromatic rings. The van der Waals surface area contributed by atoms with Crippen LogP contribution < -0.4 is 4.74 Å². The van der Waals surface area contributed by atoms with E-state index in [-0.39, 0.29) is 5.78 Å². The third kappa shape index (κ3) is 3.32. The van der Waals surface area contributed by atoms with Crippen molar-refractivity contribution in [2.24, 2.45) is 0 Å². The monoisotopic (exact) mass is 188 g/mol. The van der Waals surface area contributed by atoms with Crippen LogP contribution in [0.25, 0.3) is 0 Å². The van der Waals surface area contributed by atoms with Gasteiger partial charge in [0.15, 0.2) is 0 Å². The highest BCUT2D eigenvalue weighted by molar-refractivity contribution is 5.78. The normalized spacial score (nSPS) is 8.71. The fourth-order valence-corrected chi connectivity index (χ4v) is 1.07. The van der Waals surface area contributed by atoms with Gasteiger partial charge in [0, 0.05) is 13.3 Å². The van der Waals surface area contributed by atoms with E-state index in [1.165, 1.54) is 0 Å². The molecular weight excluding hydrogens is 176 g/mol. The number of Topliss-reactive ketones (excluding diaryl/α,β-unsaturated/α-hetero) is 1. The fraction of sp³-hybridized carbons (Fsp3) is 0.250. The first-order valence-corrected chi connectivity index (χ1v) is 4.39. The Morgan fingerprint density at radius 2 is 2.00 bits per heavy atom. The summed E-state index contributed by atoms with van der Waals surface area (Å²) in [5.74, 6) is 3.50. The van der Waals surface area contributed by atoms with E-state index >= 15 is 0 Å². The molecular formula is C12H12O2. The fourth-order valence-electron chi connectivity index (χ4n) is 1.07. The number of rotatable bonds is 3. The Morgan fingerprint density at radius 1 is 1.36 bits per heavy atom. The summed E-state index contributed by atoms with van der Waals surface area (Å²) in [6.45, 7) is 3.29. The number of benzene rings is 1. The van der Waals surface area contributed by atoms with Gasteiger partial charge in [-0.25, -0.2) is 0 Å². The average molecular weight is 188 g/mol. The molecule has 0 unspecified atom stereocenters. The zero-order valence-electron chi connectivity index (χ0n) is 8.33. The van der Waals surface area contributed by atoms with Crippen molar-refractivity contribution in [3.63, 3.8) is 0 Å². The smallest absolute Gasteiger partial charge is 0.140 e. The van der Waals surface area contributed by atoms with Crippen molar-refractivity contribution in [1.82, 2.24) is 0 Å². The van der Waals surface area contributed by atoms with Gasteiger partial charge in [0.25, 0.3) is 0 Å². The Morgan fingerprint density at radius 3 is 2.50 bits per heavy atom. The molecule has 14 heavy (non-hydrogen) atoms. The van der Waals surface area contributed by atoms with Crippen molar-refractivity contribution in [1.29, 1.82) is 0 Å². The van der Waals surface area contributed by atoms with E-state index in [2.05, 4.69) is 12.0 Å². The SMILES string of the molecule is CC#COc1ccc(CC(C)=O)cc1. The molecule has 0 radical (unpaired) electrons. The van der Waals surface area contributed by atoms with E-state index in [0.717, 1.165) is 5.56 Å². The number of hydrogen-bond acceptors (Lipinski definition) is 2. The first kappa shape index (κ1) is 10.3. The average Bonchev–Trinajstić information content (AvgIpc) is 2.16. The van der Waals surface area contributed by atoms with E-state index in [9.17, 15) is 4.79 Å². The van der Waals surface area contributed by atoms with Crippen LogP contribution in [0.2, 0.25) is 0 Å². The molecule has 0 aliphatic heterocycles. The van der Waals surface area contributed by atoms with Crippen molar-refractivity contribution < 1.29 is 9.53 Å². The minimum Gasteiger partial charge on any atom is -0.408 e. The van der Waals surface area contributed by atoms with Crippen LogP contribution in [0.4, 0.5) is 0 Å². The molecule has 0 aliphatic carbocycles. The van der Waals surface area contributed by atoms with Crippen LogP contribution in [0.15, 0.2) is 24.3 Å². The van der Waals surface area contributed by atoms with Crippen LogP contribution in [-0.2, 0) is 11.2 Å². The summed E-state index contributed by atoms with van der Waals surface area (Å²) in [4.78, 5) is 10.8. The molecule has 0 fully saturated rings. The van der Waals surface area contributed by atoms with E-state index < -0.39 is 0 Å². The van der Waals surface area contributed by atoms with Gasteiger partial charge in [0.05, 0.1) is 0 Å². The molecule has 0 heterocycles. The van der Waals surface area contributed by atoms with Crippen molar-refractivity contribution >= 4 is 5.78 Å². The molecule has 0 bridgehead atoms. The molecule has 72 valence electrons. The van der Waals surface area contributed by atoms with Crippen LogP contribution in [0.5, 0.6) is 5.75 Å². The van der Waals surface area contributed by atoms with Gasteiger partial charge in [-0.3, -0.25) is 4.79 Å². The predicted octanol–water partition coefficient (Wildman–Crippen LogP) is 2.18. The molecule has 1 aromatic carbocycles. The second-order valence-electron chi connectivity index (χ2n) is 2.98. The topological polar surface area (TPSA) is 26.3 Å². The predicted molar refractivity (Wildman–Crippen MR) is 54.9 cm³/mol. The van der Waals surface area contributed by atoms with Gasteiger partial charge in [-0.2, -0.15) is 0 Å². The standard InChI is InChI=1S/C12H12O2/c1-3-8-14-12-6-4-11(5-7-12)9-10(2)13/h4-7H,9H2,1-2H3. The second-order valence-corrected chi connectivity index (χ2v) is 2.98. The van der Waals surface area contributed by atoms with Crippen molar-refractivity contribution in [2.75, 3.05) is 0 Å². The lowest BCUT2D eigenvalue weighted by Crippen LogP contribution is -1.95. The largest absolute Gasteiger partial charge is 0.408 e. The zero-order valence-corrected chi connectivity index (χ0v) is 8.33. The molecule has 0 atom stereocenters. The summed E-state index contributed by atoms with van der Waals surface area (Å²) < 4.78 is 5.07. The number of hydrogen-bond donors (Lipinski definition) is 0. The maximum atomic E-state index is 10.8. The van der Waals surface area contributed by atoms with Crippen LogP contribution in [0.3, 0.4) is 0 Å². The lowest BCUT2D eigenvalue weighted by atomic mass is 10.1. The summed E-state index contributed by atoms with van der Waals surface area (Å²) in [6.07, 6.45) is 2.98. The molecule has 0 amide bonds. The molecule has 2 heteroatoms. The summed E-state index contributed by atoms with van der Waals surface area (Å²) >= 11 is 0. The van der Waals surface area contributed by atoms with E-state index in [0.29, 0.717) is 12.2 Å². The second kappa shape index (κ2) is 5.08. The molecule has 2 nitrogen and oxygen atoms in total. The van der Waals surface area contributed by atoms with E-state index in [4.69, 9.17) is 4.74 Å². The zero-order chi connectivity index (χ0) is 10.4. The lowest BCUT2D eigenvalue weighted by Gasteiger charge is -1.99. The minimum atomic E-state index is 0.159.